The van der Waals surface area contributed by atoms with Gasteiger partial charge < -0.3 is 4.42 Å². The molecule has 0 aliphatic heterocycles. The highest BCUT2D eigenvalue weighted by molar-refractivity contribution is 6.28. The lowest BCUT2D eigenvalue weighted by Crippen LogP contribution is -2.25. The molecule has 8 aromatic carbocycles. The fourth-order valence-corrected chi connectivity index (χ4v) is 10.2. The summed E-state index contributed by atoms with van der Waals surface area (Å²) in [6, 6.07) is 57.4. The predicted octanol–water partition coefficient (Wildman–Crippen LogP) is 12.9. The summed E-state index contributed by atoms with van der Waals surface area (Å²) in [5.74, 6) is 0. The molecule has 2 aliphatic rings. The molecule has 258 valence electrons. The van der Waals surface area contributed by atoms with Crippen molar-refractivity contribution in [3.63, 3.8) is 0 Å². The second kappa shape index (κ2) is 10.8. The van der Waals surface area contributed by atoms with Gasteiger partial charge in [-0.15, -0.1) is 0 Å². The fraction of sp³-hybridized carbons (Fsp3) is 0.0192. The fourth-order valence-electron chi connectivity index (χ4n) is 10.2. The lowest BCUT2D eigenvalue weighted by atomic mass is 9.70. The Labute approximate surface area is 321 Å². The zero-order valence-corrected chi connectivity index (χ0v) is 30.0. The van der Waals surface area contributed by atoms with Gasteiger partial charge in [-0.2, -0.15) is 0 Å². The lowest BCUT2D eigenvalue weighted by Gasteiger charge is -2.30. The molecule has 0 saturated carbocycles. The van der Waals surface area contributed by atoms with E-state index in [1.54, 1.807) is 6.33 Å². The number of furan rings is 1. The Morgan fingerprint density at radius 2 is 0.911 bits per heavy atom. The van der Waals surface area contributed by atoms with E-state index < -0.39 is 0 Å². The van der Waals surface area contributed by atoms with E-state index >= 15 is 0 Å². The van der Waals surface area contributed by atoms with Gasteiger partial charge in [-0.3, -0.25) is 4.98 Å². The van der Waals surface area contributed by atoms with Crippen LogP contribution in [0.5, 0.6) is 0 Å². The van der Waals surface area contributed by atoms with Crippen LogP contribution in [-0.2, 0) is 5.41 Å². The molecule has 0 atom stereocenters. The second-order valence-electron chi connectivity index (χ2n) is 15.1. The minimum Gasteiger partial charge on any atom is -0.455 e. The first-order valence-corrected chi connectivity index (χ1v) is 19.1. The summed E-state index contributed by atoms with van der Waals surface area (Å²) in [6.07, 6.45) is 5.43. The number of rotatable bonds is 2. The van der Waals surface area contributed by atoms with Gasteiger partial charge >= 0.3 is 0 Å². The first kappa shape index (κ1) is 30.0. The topological polar surface area (TPSA) is 51.8 Å². The number of hydrogen-bond acceptors (Lipinski definition) is 4. The maximum atomic E-state index is 6.76. The number of fused-ring (bicyclic) bond motifs is 19. The summed E-state index contributed by atoms with van der Waals surface area (Å²) in [7, 11) is 0. The van der Waals surface area contributed by atoms with E-state index in [1.807, 2.05) is 12.4 Å². The molecule has 11 aromatic rings. The van der Waals surface area contributed by atoms with Gasteiger partial charge in [0, 0.05) is 28.7 Å². The number of pyridine rings is 1. The molecule has 0 saturated heterocycles. The molecule has 3 heterocycles. The van der Waals surface area contributed by atoms with E-state index in [0.717, 1.165) is 44.5 Å². The third-order valence-corrected chi connectivity index (χ3v) is 12.5. The van der Waals surface area contributed by atoms with E-state index in [2.05, 4.69) is 158 Å². The van der Waals surface area contributed by atoms with Gasteiger partial charge in [0.2, 0.25) is 0 Å². The Morgan fingerprint density at radius 3 is 1.57 bits per heavy atom. The van der Waals surface area contributed by atoms with Crippen LogP contribution in [-0.4, -0.2) is 15.0 Å². The Balaban J connectivity index is 0.981. The molecule has 1 spiro atoms. The van der Waals surface area contributed by atoms with Crippen LogP contribution in [0.3, 0.4) is 0 Å². The highest BCUT2D eigenvalue weighted by atomic mass is 16.3. The molecule has 4 heteroatoms. The van der Waals surface area contributed by atoms with Crippen molar-refractivity contribution in [3.05, 3.63) is 199 Å². The van der Waals surface area contributed by atoms with Crippen molar-refractivity contribution in [2.24, 2.45) is 0 Å². The van der Waals surface area contributed by atoms with E-state index in [9.17, 15) is 0 Å². The summed E-state index contributed by atoms with van der Waals surface area (Å²) < 4.78 is 6.76. The summed E-state index contributed by atoms with van der Waals surface area (Å²) in [5, 5.41) is 9.32. The molecular weight excluding hydrogens is 683 g/mol. The molecule has 4 nitrogen and oxygen atoms in total. The number of aromatic nitrogens is 3. The minimum atomic E-state index is -0.375. The van der Waals surface area contributed by atoms with Crippen LogP contribution in [0.4, 0.5) is 0 Å². The first-order valence-electron chi connectivity index (χ1n) is 19.1. The monoisotopic (exact) mass is 711 g/mol. The normalized spacial score (nSPS) is 13.5. The average Bonchev–Trinajstić information content (AvgIpc) is 3.89. The third kappa shape index (κ3) is 3.75. The molecule has 0 fully saturated rings. The third-order valence-electron chi connectivity index (χ3n) is 12.5. The highest BCUT2D eigenvalue weighted by Gasteiger charge is 2.51. The van der Waals surface area contributed by atoms with Crippen molar-refractivity contribution in [1.82, 2.24) is 15.0 Å². The Bertz CT molecular complexity index is 3460. The maximum Gasteiger partial charge on any atom is 0.147 e. The van der Waals surface area contributed by atoms with Crippen LogP contribution in [0.15, 0.2) is 181 Å². The van der Waals surface area contributed by atoms with E-state index in [1.165, 1.54) is 76.8 Å². The van der Waals surface area contributed by atoms with Gasteiger partial charge in [-0.05, 0) is 101 Å². The van der Waals surface area contributed by atoms with Gasteiger partial charge in [-0.25, -0.2) is 9.97 Å². The van der Waals surface area contributed by atoms with Crippen LogP contribution in [0, 0.1) is 0 Å². The Kier molecular flexibility index (Phi) is 5.80. The first-order chi connectivity index (χ1) is 27.8. The van der Waals surface area contributed by atoms with Crippen molar-refractivity contribution >= 4 is 54.3 Å². The Hall–Kier alpha value is -7.43. The Morgan fingerprint density at radius 1 is 0.375 bits per heavy atom. The highest BCUT2D eigenvalue weighted by Crippen LogP contribution is 2.63. The molecule has 0 unspecified atom stereocenters. The van der Waals surface area contributed by atoms with Crippen LogP contribution in [0.25, 0.3) is 99.0 Å². The SMILES string of the molecule is c1ccc2c(c1)-c1ccccc1C21c2ccccc2-c2cc(-c3cc(-c4cncc5c4oc4cc6c7ccccc7c7ccccc7c6cc45)ncn3)ccc21. The molecule has 0 N–H and O–H groups in total. The molecule has 0 bridgehead atoms. The number of hydrogen-bond donors (Lipinski definition) is 0. The molecular formula is C52H29N3O. The van der Waals surface area contributed by atoms with Crippen LogP contribution in [0.1, 0.15) is 22.3 Å². The van der Waals surface area contributed by atoms with Crippen molar-refractivity contribution in [2.45, 2.75) is 5.41 Å². The van der Waals surface area contributed by atoms with E-state index in [0.29, 0.717) is 0 Å². The van der Waals surface area contributed by atoms with E-state index in [4.69, 9.17) is 19.4 Å². The molecule has 3 aromatic heterocycles. The maximum absolute atomic E-state index is 6.76. The molecule has 2 aliphatic carbocycles. The smallest absolute Gasteiger partial charge is 0.147 e. The largest absolute Gasteiger partial charge is 0.455 e. The van der Waals surface area contributed by atoms with Crippen molar-refractivity contribution < 1.29 is 4.42 Å². The summed E-state index contributed by atoms with van der Waals surface area (Å²) >= 11 is 0. The van der Waals surface area contributed by atoms with Crippen LogP contribution in [0.2, 0.25) is 0 Å². The van der Waals surface area contributed by atoms with Crippen LogP contribution < -0.4 is 0 Å². The van der Waals surface area contributed by atoms with Gasteiger partial charge in [0.25, 0.3) is 0 Å². The second-order valence-corrected chi connectivity index (χ2v) is 15.1. The average molecular weight is 712 g/mol. The standard InChI is InChI=1S/C52H29N3O/c1-3-13-33-31(11-1)32-12-2-4-14-34(32)39-25-50-41(24-38(33)39)42-27-53-28-43(51(42)56-50)49-26-48(54-29-55-49)30-21-22-47-40(23-30)37-17-7-10-20-46(37)52(47)44-18-8-5-15-35(44)36-16-6-9-19-45(36)52/h1-29H. The molecule has 0 amide bonds. The van der Waals surface area contributed by atoms with Crippen molar-refractivity contribution in [1.29, 1.82) is 0 Å². The molecule has 13 rings (SSSR count). The van der Waals surface area contributed by atoms with Gasteiger partial charge in [0.05, 0.1) is 22.4 Å². The summed E-state index contributed by atoms with van der Waals surface area (Å²) in [5.41, 5.74) is 15.1. The number of nitrogens with zero attached hydrogens (tertiary/aromatic N) is 3. The lowest BCUT2D eigenvalue weighted by molar-refractivity contribution is 0.670. The zero-order chi connectivity index (χ0) is 36.5. The summed E-state index contributed by atoms with van der Waals surface area (Å²) in [4.78, 5) is 14.4. The van der Waals surface area contributed by atoms with Crippen molar-refractivity contribution in [3.8, 4) is 44.8 Å². The number of benzene rings is 8. The van der Waals surface area contributed by atoms with Gasteiger partial charge in [0.1, 0.15) is 17.5 Å². The summed E-state index contributed by atoms with van der Waals surface area (Å²) in [6.45, 7) is 0. The van der Waals surface area contributed by atoms with Crippen LogP contribution >= 0.6 is 0 Å². The zero-order valence-electron chi connectivity index (χ0n) is 30.0. The van der Waals surface area contributed by atoms with Gasteiger partial charge in [0.15, 0.2) is 0 Å². The van der Waals surface area contributed by atoms with Gasteiger partial charge in [-0.1, -0.05) is 133 Å². The molecule has 56 heavy (non-hydrogen) atoms. The van der Waals surface area contributed by atoms with Crippen molar-refractivity contribution in [2.75, 3.05) is 0 Å². The predicted molar refractivity (Wildman–Crippen MR) is 227 cm³/mol. The molecule has 0 radical (unpaired) electrons. The minimum absolute atomic E-state index is 0.375. The quantitative estimate of drug-likeness (QED) is 0.168. The van der Waals surface area contributed by atoms with E-state index in [-0.39, 0.29) is 5.41 Å².